The highest BCUT2D eigenvalue weighted by Gasteiger charge is 2.19. The van der Waals surface area contributed by atoms with Gasteiger partial charge in [-0.1, -0.05) is 34.4 Å². The Labute approximate surface area is 120 Å². The number of rotatable bonds is 5. The van der Waals surface area contributed by atoms with E-state index >= 15 is 0 Å². The third-order valence-electron chi connectivity index (χ3n) is 2.45. The molecule has 0 radical (unpaired) electrons. The van der Waals surface area contributed by atoms with Crippen LogP contribution >= 0.6 is 23.2 Å². The predicted molar refractivity (Wildman–Crippen MR) is 73.2 cm³/mol. The molecule has 0 spiro atoms. The molecule has 0 saturated carbocycles. The molecular formula is C12H13Cl2N3O2. The fraction of sp³-hybridized carbons (Fsp3) is 0.333. The van der Waals surface area contributed by atoms with Crippen molar-refractivity contribution in [2.45, 2.75) is 13.0 Å². The third kappa shape index (κ3) is 3.25. The van der Waals surface area contributed by atoms with Gasteiger partial charge in [0.25, 0.3) is 5.89 Å². The van der Waals surface area contributed by atoms with Crippen molar-refractivity contribution in [2.75, 3.05) is 13.2 Å². The van der Waals surface area contributed by atoms with E-state index in [9.17, 15) is 0 Å². The van der Waals surface area contributed by atoms with Crippen LogP contribution in [-0.2, 0) is 4.74 Å². The summed E-state index contributed by atoms with van der Waals surface area (Å²) in [4.78, 5) is 4.20. The van der Waals surface area contributed by atoms with E-state index in [4.69, 9.17) is 38.2 Å². The number of nitrogens with two attached hydrogens (primary N) is 1. The zero-order valence-electron chi connectivity index (χ0n) is 10.3. The molecule has 19 heavy (non-hydrogen) atoms. The van der Waals surface area contributed by atoms with Crippen LogP contribution in [0.1, 0.15) is 18.8 Å². The van der Waals surface area contributed by atoms with Crippen molar-refractivity contribution in [2.24, 2.45) is 5.73 Å². The van der Waals surface area contributed by atoms with Crippen molar-refractivity contribution in [1.29, 1.82) is 0 Å². The maximum atomic E-state index is 6.07. The van der Waals surface area contributed by atoms with Crippen molar-refractivity contribution in [1.82, 2.24) is 10.1 Å². The summed E-state index contributed by atoms with van der Waals surface area (Å²) < 4.78 is 10.4. The molecule has 2 aromatic rings. The number of ether oxygens (including phenoxy) is 1. The molecule has 0 fully saturated rings. The molecule has 0 saturated heterocycles. The number of benzene rings is 1. The monoisotopic (exact) mass is 301 g/mol. The fourth-order valence-corrected chi connectivity index (χ4v) is 2.07. The Bertz CT molecular complexity index is 539. The molecule has 1 heterocycles. The minimum absolute atomic E-state index is 0.248. The molecule has 1 atom stereocenters. The second kappa shape index (κ2) is 6.34. The summed E-state index contributed by atoms with van der Waals surface area (Å²) in [5.41, 5.74) is 6.38. The van der Waals surface area contributed by atoms with Crippen molar-refractivity contribution in [3.05, 3.63) is 34.1 Å². The van der Waals surface area contributed by atoms with Crippen molar-refractivity contribution in [3.8, 4) is 11.5 Å². The van der Waals surface area contributed by atoms with Crippen LogP contribution < -0.4 is 5.73 Å². The van der Waals surface area contributed by atoms with E-state index < -0.39 is 6.04 Å². The van der Waals surface area contributed by atoms with E-state index in [1.54, 1.807) is 18.2 Å². The lowest BCUT2D eigenvalue weighted by Crippen LogP contribution is -2.18. The molecule has 1 aromatic heterocycles. The summed E-state index contributed by atoms with van der Waals surface area (Å²) in [6.07, 6.45) is 0. The number of hydrogen-bond donors (Lipinski definition) is 1. The van der Waals surface area contributed by atoms with Gasteiger partial charge in [0.1, 0.15) is 0 Å². The predicted octanol–water partition coefficient (Wildman–Crippen LogP) is 3.08. The molecule has 5 nitrogen and oxygen atoms in total. The molecule has 0 aliphatic rings. The third-order valence-corrected chi connectivity index (χ3v) is 3.08. The maximum absolute atomic E-state index is 6.07. The smallest absolute Gasteiger partial charge is 0.261 e. The summed E-state index contributed by atoms with van der Waals surface area (Å²) in [7, 11) is 0. The van der Waals surface area contributed by atoms with Gasteiger partial charge in [-0.05, 0) is 19.1 Å². The zero-order valence-corrected chi connectivity index (χ0v) is 11.8. The first-order valence-electron chi connectivity index (χ1n) is 5.74. The van der Waals surface area contributed by atoms with Gasteiger partial charge in [-0.15, -0.1) is 0 Å². The van der Waals surface area contributed by atoms with Gasteiger partial charge >= 0.3 is 0 Å². The highest BCUT2D eigenvalue weighted by atomic mass is 35.5. The Morgan fingerprint density at radius 2 is 2.05 bits per heavy atom. The minimum atomic E-state index is -0.446. The standard InChI is InChI=1S/C12H13Cl2N3O2/c1-2-18-6-9(15)11-16-12(19-17-11)10-7(13)4-3-5-8(10)14/h3-5,9H,2,6,15H2,1H3. The molecular weight excluding hydrogens is 289 g/mol. The molecule has 0 aliphatic heterocycles. The van der Waals surface area contributed by atoms with E-state index in [2.05, 4.69) is 10.1 Å². The first kappa shape index (κ1) is 14.3. The Hall–Kier alpha value is -1.14. The van der Waals surface area contributed by atoms with E-state index in [0.29, 0.717) is 34.6 Å². The molecule has 2 N–H and O–H groups in total. The van der Waals surface area contributed by atoms with Crippen LogP contribution in [0.5, 0.6) is 0 Å². The SMILES string of the molecule is CCOCC(N)c1noc(-c2c(Cl)cccc2Cl)n1. The van der Waals surface area contributed by atoms with Crippen LogP contribution in [0.15, 0.2) is 22.7 Å². The van der Waals surface area contributed by atoms with Gasteiger partial charge in [-0.25, -0.2) is 0 Å². The second-order valence-corrected chi connectivity index (χ2v) is 4.63. The van der Waals surface area contributed by atoms with Crippen LogP contribution in [0.2, 0.25) is 10.0 Å². The van der Waals surface area contributed by atoms with E-state index in [-0.39, 0.29) is 5.89 Å². The molecule has 1 unspecified atom stereocenters. The number of nitrogens with zero attached hydrogens (tertiary/aromatic N) is 2. The quantitative estimate of drug-likeness (QED) is 0.918. The topological polar surface area (TPSA) is 74.2 Å². The molecule has 1 aromatic carbocycles. The van der Waals surface area contributed by atoms with Crippen molar-refractivity contribution < 1.29 is 9.26 Å². The Kier molecular flexibility index (Phi) is 4.76. The summed E-state index contributed by atoms with van der Waals surface area (Å²) in [5, 5.41) is 4.71. The van der Waals surface area contributed by atoms with Crippen LogP contribution in [0.4, 0.5) is 0 Å². The zero-order chi connectivity index (χ0) is 13.8. The van der Waals surface area contributed by atoms with Crippen LogP contribution in [0, 0.1) is 0 Å². The number of hydrogen-bond acceptors (Lipinski definition) is 5. The Balaban J connectivity index is 2.26. The highest BCUT2D eigenvalue weighted by molar-refractivity contribution is 6.38. The Morgan fingerprint density at radius 3 is 2.68 bits per heavy atom. The average molecular weight is 302 g/mol. The van der Waals surface area contributed by atoms with E-state index in [1.165, 1.54) is 0 Å². The maximum Gasteiger partial charge on any atom is 0.261 e. The van der Waals surface area contributed by atoms with Gasteiger partial charge in [0.05, 0.1) is 28.3 Å². The molecule has 7 heteroatoms. The van der Waals surface area contributed by atoms with Gasteiger partial charge in [0, 0.05) is 6.61 Å². The summed E-state index contributed by atoms with van der Waals surface area (Å²) in [6, 6.07) is 4.70. The lowest BCUT2D eigenvalue weighted by atomic mass is 10.2. The molecule has 0 amide bonds. The normalized spacial score (nSPS) is 12.6. The minimum Gasteiger partial charge on any atom is -0.380 e. The molecule has 2 rings (SSSR count). The van der Waals surface area contributed by atoms with Gasteiger partial charge in [0.2, 0.25) is 0 Å². The van der Waals surface area contributed by atoms with Gasteiger partial charge in [0.15, 0.2) is 5.82 Å². The average Bonchev–Trinajstić information content (AvgIpc) is 2.85. The van der Waals surface area contributed by atoms with E-state index in [0.717, 1.165) is 0 Å². The van der Waals surface area contributed by atoms with Gasteiger partial charge < -0.3 is 15.0 Å². The Morgan fingerprint density at radius 1 is 1.37 bits per heavy atom. The van der Waals surface area contributed by atoms with Gasteiger partial charge in [-0.2, -0.15) is 4.98 Å². The number of aromatic nitrogens is 2. The van der Waals surface area contributed by atoms with Crippen LogP contribution in [-0.4, -0.2) is 23.4 Å². The first-order chi connectivity index (χ1) is 9.13. The summed E-state index contributed by atoms with van der Waals surface area (Å²) >= 11 is 12.1. The van der Waals surface area contributed by atoms with Crippen molar-refractivity contribution in [3.63, 3.8) is 0 Å². The summed E-state index contributed by atoms with van der Waals surface area (Å²) in [5.74, 6) is 0.608. The van der Waals surface area contributed by atoms with Crippen molar-refractivity contribution >= 4 is 23.2 Å². The highest BCUT2D eigenvalue weighted by Crippen LogP contribution is 2.33. The molecule has 0 aliphatic carbocycles. The second-order valence-electron chi connectivity index (χ2n) is 3.82. The first-order valence-corrected chi connectivity index (χ1v) is 6.50. The molecule has 0 bridgehead atoms. The largest absolute Gasteiger partial charge is 0.380 e. The fourth-order valence-electron chi connectivity index (χ4n) is 1.51. The number of halogens is 2. The lowest BCUT2D eigenvalue weighted by molar-refractivity contribution is 0.130. The van der Waals surface area contributed by atoms with E-state index in [1.807, 2.05) is 6.92 Å². The van der Waals surface area contributed by atoms with Crippen LogP contribution in [0.3, 0.4) is 0 Å². The lowest BCUT2D eigenvalue weighted by Gasteiger charge is -2.05. The van der Waals surface area contributed by atoms with Crippen LogP contribution in [0.25, 0.3) is 11.5 Å². The summed E-state index contributed by atoms with van der Waals surface area (Å²) in [6.45, 7) is 2.79. The molecule has 102 valence electrons. The van der Waals surface area contributed by atoms with Gasteiger partial charge in [-0.3, -0.25) is 0 Å².